The predicted octanol–water partition coefficient (Wildman–Crippen LogP) is 6.56. The SMILES string of the molecule is CC.CC=O.CCCc1ccc(-c2cc(NCCCN3CCCCC3)c3cnccc3n2)cc1.COC=O. The number of methoxy groups -OCH3 is 1. The molecule has 208 valence electrons. The average Bonchev–Trinajstić information content (AvgIpc) is 2.98. The number of aryl methyl sites for hydroxylation is 1. The van der Waals surface area contributed by atoms with Crippen LogP contribution in [0.2, 0.25) is 0 Å². The van der Waals surface area contributed by atoms with E-state index in [9.17, 15) is 0 Å². The maximum atomic E-state index is 8.95. The standard InChI is InChI=1S/C25H32N4.C2H4O2.C2H4O.C2H6/c1-2-7-20-8-10-21(11-9-20)24-18-25(22-19-26-14-12-23(22)28-24)27-13-6-17-29-15-4-3-5-16-29;1-4-2-3;1-2-3;1-2/h8-12,14,18-19H,2-7,13,15-17H2,1H3,(H,27,28);2H,1H3;2H,1H3;1-2H3. The van der Waals surface area contributed by atoms with Gasteiger partial charge in [-0.2, -0.15) is 0 Å². The van der Waals surface area contributed by atoms with Gasteiger partial charge < -0.3 is 19.7 Å². The van der Waals surface area contributed by atoms with E-state index in [0.29, 0.717) is 6.47 Å². The van der Waals surface area contributed by atoms with Crippen molar-refractivity contribution in [1.29, 1.82) is 0 Å². The summed E-state index contributed by atoms with van der Waals surface area (Å²) < 4.78 is 3.86. The van der Waals surface area contributed by atoms with Crippen molar-refractivity contribution in [2.24, 2.45) is 0 Å². The first-order valence-electron chi connectivity index (χ1n) is 13.8. The van der Waals surface area contributed by atoms with Crippen LogP contribution in [-0.4, -0.2) is 60.9 Å². The third-order valence-corrected chi connectivity index (χ3v) is 5.91. The van der Waals surface area contributed by atoms with E-state index in [0.717, 1.165) is 48.0 Å². The molecule has 0 saturated carbocycles. The number of pyridine rings is 2. The molecule has 7 nitrogen and oxygen atoms in total. The molecule has 1 aliphatic rings. The van der Waals surface area contributed by atoms with Crippen molar-refractivity contribution >= 4 is 29.3 Å². The van der Waals surface area contributed by atoms with Crippen LogP contribution < -0.4 is 5.32 Å². The number of hydrogen-bond donors (Lipinski definition) is 1. The molecule has 7 heteroatoms. The van der Waals surface area contributed by atoms with E-state index in [1.165, 1.54) is 70.5 Å². The number of carbonyl (C=O) groups excluding carboxylic acids is 2. The lowest BCUT2D eigenvalue weighted by atomic mass is 10.0. The molecule has 1 fully saturated rings. The number of rotatable bonds is 9. The Morgan fingerprint density at radius 3 is 2.32 bits per heavy atom. The Labute approximate surface area is 229 Å². The van der Waals surface area contributed by atoms with E-state index < -0.39 is 0 Å². The van der Waals surface area contributed by atoms with Crippen LogP contribution in [0.15, 0.2) is 48.8 Å². The number of fused-ring (bicyclic) bond motifs is 1. The van der Waals surface area contributed by atoms with E-state index in [2.05, 4.69) is 57.2 Å². The highest BCUT2D eigenvalue weighted by Crippen LogP contribution is 2.28. The minimum absolute atomic E-state index is 0.375. The fraction of sp³-hybridized carbons (Fsp3) is 0.484. The van der Waals surface area contributed by atoms with Gasteiger partial charge >= 0.3 is 0 Å². The number of carbonyl (C=O) groups is 2. The van der Waals surface area contributed by atoms with Crippen molar-refractivity contribution in [3.8, 4) is 11.3 Å². The fourth-order valence-corrected chi connectivity index (χ4v) is 4.20. The number of ether oxygens (including phenoxy) is 1. The van der Waals surface area contributed by atoms with Gasteiger partial charge in [-0.25, -0.2) is 4.98 Å². The summed E-state index contributed by atoms with van der Waals surface area (Å²) >= 11 is 0. The molecule has 0 aliphatic carbocycles. The minimum atomic E-state index is 0.375. The number of nitrogens with zero attached hydrogens (tertiary/aromatic N) is 3. The molecule has 0 bridgehead atoms. The van der Waals surface area contributed by atoms with E-state index in [1.807, 2.05) is 32.3 Å². The lowest BCUT2D eigenvalue weighted by Crippen LogP contribution is -2.31. The molecule has 3 aromatic rings. The molecule has 0 radical (unpaired) electrons. The number of benzene rings is 1. The highest BCUT2D eigenvalue weighted by molar-refractivity contribution is 5.93. The van der Waals surface area contributed by atoms with Gasteiger partial charge in [-0.15, -0.1) is 0 Å². The quantitative estimate of drug-likeness (QED) is 0.252. The first-order chi connectivity index (χ1) is 18.7. The van der Waals surface area contributed by atoms with E-state index in [4.69, 9.17) is 14.6 Å². The molecule has 0 spiro atoms. The molecule has 1 aliphatic heterocycles. The first kappa shape index (κ1) is 32.7. The summed E-state index contributed by atoms with van der Waals surface area (Å²) in [4.78, 5) is 29.6. The lowest BCUT2D eigenvalue weighted by molar-refractivity contribution is -0.126. The van der Waals surface area contributed by atoms with Crippen molar-refractivity contribution in [2.75, 3.05) is 38.6 Å². The molecule has 1 saturated heterocycles. The Balaban J connectivity index is 0.000000708. The lowest BCUT2D eigenvalue weighted by Gasteiger charge is -2.26. The highest BCUT2D eigenvalue weighted by Gasteiger charge is 2.10. The van der Waals surface area contributed by atoms with E-state index in [1.54, 1.807) is 0 Å². The molecule has 3 heterocycles. The summed E-state index contributed by atoms with van der Waals surface area (Å²) in [6.45, 7) is 12.7. The molecular formula is C31H46N4O3. The molecule has 2 aromatic heterocycles. The predicted molar refractivity (Wildman–Crippen MR) is 159 cm³/mol. The van der Waals surface area contributed by atoms with Crippen LogP contribution >= 0.6 is 0 Å². The van der Waals surface area contributed by atoms with Crippen molar-refractivity contribution < 1.29 is 14.3 Å². The van der Waals surface area contributed by atoms with Gasteiger partial charge in [-0.1, -0.05) is 57.9 Å². The summed E-state index contributed by atoms with van der Waals surface area (Å²) in [6, 6.07) is 13.0. The largest absolute Gasteiger partial charge is 0.471 e. The molecule has 4 rings (SSSR count). The second-order valence-corrected chi connectivity index (χ2v) is 8.65. The molecule has 0 unspecified atom stereocenters. The first-order valence-corrected chi connectivity index (χ1v) is 13.8. The van der Waals surface area contributed by atoms with Crippen LogP contribution in [0, 0.1) is 0 Å². The molecule has 1 N–H and O–H groups in total. The highest BCUT2D eigenvalue weighted by atomic mass is 16.5. The third-order valence-electron chi connectivity index (χ3n) is 5.91. The maximum absolute atomic E-state index is 8.95. The van der Waals surface area contributed by atoms with Gasteiger partial charge in [0, 0.05) is 35.6 Å². The van der Waals surface area contributed by atoms with Gasteiger partial charge in [-0.05, 0) is 69.9 Å². The Morgan fingerprint density at radius 1 is 1.05 bits per heavy atom. The van der Waals surface area contributed by atoms with Gasteiger partial charge in [0.25, 0.3) is 6.47 Å². The van der Waals surface area contributed by atoms with Gasteiger partial charge in [-0.3, -0.25) is 9.78 Å². The zero-order valence-electron chi connectivity index (χ0n) is 23.9. The summed E-state index contributed by atoms with van der Waals surface area (Å²) in [5.74, 6) is 0. The second-order valence-electron chi connectivity index (χ2n) is 8.65. The van der Waals surface area contributed by atoms with Crippen molar-refractivity contribution in [3.05, 3.63) is 54.4 Å². The van der Waals surface area contributed by atoms with Gasteiger partial charge in [0.15, 0.2) is 0 Å². The number of aromatic nitrogens is 2. The van der Waals surface area contributed by atoms with Crippen LogP contribution in [-0.2, 0) is 20.7 Å². The van der Waals surface area contributed by atoms with Crippen LogP contribution in [0.25, 0.3) is 22.2 Å². The zero-order valence-corrected chi connectivity index (χ0v) is 23.9. The number of piperidine rings is 1. The third kappa shape index (κ3) is 11.8. The smallest absolute Gasteiger partial charge is 0.292 e. The van der Waals surface area contributed by atoms with E-state index >= 15 is 0 Å². The van der Waals surface area contributed by atoms with Crippen LogP contribution in [0.3, 0.4) is 0 Å². The number of anilines is 1. The molecule has 38 heavy (non-hydrogen) atoms. The molecule has 0 amide bonds. The summed E-state index contributed by atoms with van der Waals surface area (Å²) in [5.41, 5.74) is 5.70. The second kappa shape index (κ2) is 20.7. The Morgan fingerprint density at radius 2 is 1.71 bits per heavy atom. The summed E-state index contributed by atoms with van der Waals surface area (Å²) in [6.07, 6.45) is 12.1. The number of likely N-dealkylation sites (tertiary alicyclic amines) is 1. The fourth-order valence-electron chi connectivity index (χ4n) is 4.20. The molecular weight excluding hydrogens is 476 g/mol. The van der Waals surface area contributed by atoms with E-state index in [-0.39, 0.29) is 0 Å². The molecule has 1 aromatic carbocycles. The van der Waals surface area contributed by atoms with Gasteiger partial charge in [0.1, 0.15) is 6.29 Å². The zero-order chi connectivity index (χ0) is 28.0. The van der Waals surface area contributed by atoms with Crippen LogP contribution in [0.1, 0.15) is 65.4 Å². The van der Waals surface area contributed by atoms with Crippen molar-refractivity contribution in [1.82, 2.24) is 14.9 Å². The molecule has 0 atom stereocenters. The monoisotopic (exact) mass is 522 g/mol. The van der Waals surface area contributed by atoms with Crippen LogP contribution in [0.5, 0.6) is 0 Å². The number of hydrogen-bond acceptors (Lipinski definition) is 7. The number of nitrogens with one attached hydrogen (secondary N) is 1. The normalized spacial score (nSPS) is 12.4. The Hall–Kier alpha value is -3.32. The summed E-state index contributed by atoms with van der Waals surface area (Å²) in [5, 5.41) is 4.76. The average molecular weight is 523 g/mol. The van der Waals surface area contributed by atoms with Crippen molar-refractivity contribution in [3.63, 3.8) is 0 Å². The van der Waals surface area contributed by atoms with Crippen LogP contribution in [0.4, 0.5) is 5.69 Å². The maximum Gasteiger partial charge on any atom is 0.292 e. The number of aldehydes is 1. The van der Waals surface area contributed by atoms with Crippen molar-refractivity contribution in [2.45, 2.75) is 66.2 Å². The summed E-state index contributed by atoms with van der Waals surface area (Å²) in [7, 11) is 1.31. The van der Waals surface area contributed by atoms with Gasteiger partial charge in [0.2, 0.25) is 0 Å². The van der Waals surface area contributed by atoms with Gasteiger partial charge in [0.05, 0.1) is 18.3 Å². The Kier molecular flexibility index (Phi) is 17.8. The minimum Gasteiger partial charge on any atom is -0.471 e. The Bertz CT molecular complexity index is 1030. The topological polar surface area (TPSA) is 84.4 Å².